The summed E-state index contributed by atoms with van der Waals surface area (Å²) in [6.45, 7) is 9.41. The van der Waals surface area contributed by atoms with Crippen LogP contribution in [0.15, 0.2) is 64.3 Å². The summed E-state index contributed by atoms with van der Waals surface area (Å²) in [5, 5.41) is 0.139. The number of aromatic nitrogens is 2. The van der Waals surface area contributed by atoms with Gasteiger partial charge in [-0.05, 0) is 76.1 Å². The first-order chi connectivity index (χ1) is 22.5. The number of ether oxygens (including phenoxy) is 1. The molecule has 3 atom stereocenters. The number of carbonyl (C=O) groups excluding carboxylic acids is 1. The van der Waals surface area contributed by atoms with E-state index in [2.05, 4.69) is 4.98 Å². The van der Waals surface area contributed by atoms with Gasteiger partial charge in [-0.3, -0.25) is 9.47 Å². The zero-order valence-corrected chi connectivity index (χ0v) is 27.9. The van der Waals surface area contributed by atoms with E-state index < -0.39 is 52.8 Å². The molecule has 2 aliphatic rings. The van der Waals surface area contributed by atoms with Gasteiger partial charge in [-0.15, -0.1) is 11.8 Å². The third-order valence-corrected chi connectivity index (χ3v) is 9.89. The van der Waals surface area contributed by atoms with Crippen LogP contribution in [0.5, 0.6) is 0 Å². The van der Waals surface area contributed by atoms with Gasteiger partial charge in [0, 0.05) is 47.2 Å². The van der Waals surface area contributed by atoms with Gasteiger partial charge in [-0.25, -0.2) is 18.4 Å². The van der Waals surface area contributed by atoms with Crippen molar-refractivity contribution in [1.29, 1.82) is 0 Å². The Kier molecular flexibility index (Phi) is 8.72. The minimum Gasteiger partial charge on any atom is -0.444 e. The molecule has 2 aliphatic heterocycles. The maximum atomic E-state index is 15.0. The van der Waals surface area contributed by atoms with E-state index in [0.717, 1.165) is 23.8 Å². The van der Waals surface area contributed by atoms with Crippen LogP contribution in [0.25, 0.3) is 22.0 Å². The highest BCUT2D eigenvalue weighted by atomic mass is 32.2. The topological polar surface area (TPSA) is 67.7 Å². The summed E-state index contributed by atoms with van der Waals surface area (Å²) in [5.74, 6) is -1.01. The minimum absolute atomic E-state index is 0.0898. The van der Waals surface area contributed by atoms with Crippen molar-refractivity contribution in [3.8, 4) is 11.1 Å². The monoisotopic (exact) mass is 686 g/mol. The van der Waals surface area contributed by atoms with Crippen molar-refractivity contribution in [3.05, 3.63) is 87.8 Å². The number of alkyl halides is 3. The number of anilines is 1. The average Bonchev–Trinajstić information content (AvgIpc) is 3.19. The second-order valence-electron chi connectivity index (χ2n) is 13.4. The number of piperazine rings is 1. The molecule has 0 aliphatic carbocycles. The van der Waals surface area contributed by atoms with Crippen molar-refractivity contribution in [1.82, 2.24) is 14.5 Å². The largest absolute Gasteiger partial charge is 0.444 e. The van der Waals surface area contributed by atoms with E-state index >= 15 is 13.2 Å². The summed E-state index contributed by atoms with van der Waals surface area (Å²) in [7, 11) is 0. The maximum absolute atomic E-state index is 15.0. The number of carbonyl (C=O) groups is 1. The van der Waals surface area contributed by atoms with Crippen LogP contribution < -0.4 is 10.6 Å². The molecule has 4 aromatic rings. The predicted octanol–water partition coefficient (Wildman–Crippen LogP) is 8.08. The normalized spacial score (nSPS) is 20.2. The molecule has 1 amide bonds. The lowest BCUT2D eigenvalue weighted by atomic mass is 9.95. The number of rotatable bonds is 3. The summed E-state index contributed by atoms with van der Waals surface area (Å²) in [5.41, 5.74) is -1.29. The van der Waals surface area contributed by atoms with Crippen LogP contribution in [-0.4, -0.2) is 57.1 Å². The molecular weight excluding hydrogens is 651 g/mol. The summed E-state index contributed by atoms with van der Waals surface area (Å²) in [6, 6.07) is 10.8. The lowest BCUT2D eigenvalue weighted by Crippen LogP contribution is -2.59. The molecule has 1 aromatic heterocycles. The number of thioether (sulfide) groups is 1. The Balaban J connectivity index is 1.56. The minimum atomic E-state index is -4.81. The van der Waals surface area contributed by atoms with Gasteiger partial charge in [0.1, 0.15) is 23.1 Å². The fourth-order valence-corrected chi connectivity index (χ4v) is 8.03. The first-order valence-electron chi connectivity index (χ1n) is 15.6. The van der Waals surface area contributed by atoms with Gasteiger partial charge in [0.25, 0.3) is 0 Å². The molecule has 3 aromatic carbocycles. The van der Waals surface area contributed by atoms with Crippen LogP contribution in [0.1, 0.15) is 51.7 Å². The molecular formula is C35H35F5N4O3S. The first kappa shape index (κ1) is 33.8. The summed E-state index contributed by atoms with van der Waals surface area (Å²) >= 11 is 1.18. The van der Waals surface area contributed by atoms with Crippen molar-refractivity contribution in [2.24, 2.45) is 0 Å². The molecule has 48 heavy (non-hydrogen) atoms. The predicted molar refractivity (Wildman–Crippen MR) is 175 cm³/mol. The van der Waals surface area contributed by atoms with Gasteiger partial charge in [0.2, 0.25) is 0 Å². The Morgan fingerprint density at radius 2 is 1.50 bits per heavy atom. The Morgan fingerprint density at radius 3 is 2.06 bits per heavy atom. The molecule has 1 fully saturated rings. The Hall–Kier alpha value is -4.13. The summed E-state index contributed by atoms with van der Waals surface area (Å²) in [6.07, 6.45) is -5.32. The van der Waals surface area contributed by atoms with Gasteiger partial charge >= 0.3 is 18.0 Å². The molecule has 1 unspecified atom stereocenters. The first-order valence-corrected chi connectivity index (χ1v) is 16.6. The highest BCUT2D eigenvalue weighted by Gasteiger charge is 2.40. The number of benzene rings is 3. The van der Waals surface area contributed by atoms with Crippen LogP contribution in [0.3, 0.4) is 0 Å². The molecule has 0 saturated carbocycles. The van der Waals surface area contributed by atoms with Gasteiger partial charge < -0.3 is 9.64 Å². The van der Waals surface area contributed by atoms with Gasteiger partial charge in [0.15, 0.2) is 0 Å². The van der Waals surface area contributed by atoms with E-state index in [4.69, 9.17) is 4.74 Å². The third-order valence-electron chi connectivity index (χ3n) is 8.63. The smallest absolute Gasteiger partial charge is 0.417 e. The molecule has 0 N–H and O–H groups in total. The average molecular weight is 687 g/mol. The SMILES string of the molecule is C[C@@H]1CN(c2nc(=O)n3c4c(c(-c5ccc(F)cc5)c(C(F)(F)F)cc24)SCC(c2ccc(F)cc2)C3)C[C@H](C)N1C(=O)OC(C)(C)C. The van der Waals surface area contributed by atoms with Crippen LogP contribution in [0.4, 0.5) is 32.6 Å². The standard InChI is InChI=1S/C35H35F5N4O3S/c1-19-15-42(16-20(2)44(19)33(46)47-34(3,4)5)31-26-14-27(35(38,39)40)28(22-8-12-25(37)13-9-22)30-29(26)43(32(45)41-31)17-23(18-48-30)21-6-10-24(36)11-7-21/h6-14,19-20,23H,15-18H2,1-5H3/t19-,20+,23?. The third kappa shape index (κ3) is 6.48. The number of hydrogen-bond acceptors (Lipinski definition) is 6. The van der Waals surface area contributed by atoms with Crippen LogP contribution in [0, 0.1) is 11.6 Å². The second-order valence-corrected chi connectivity index (χ2v) is 14.4. The lowest BCUT2D eigenvalue weighted by Gasteiger charge is -2.45. The molecule has 1 saturated heterocycles. The molecule has 13 heteroatoms. The molecule has 0 spiro atoms. The van der Waals surface area contributed by atoms with Crippen LogP contribution >= 0.6 is 11.8 Å². The fraction of sp³-hybridized carbons (Fsp3) is 0.400. The quantitative estimate of drug-likeness (QED) is 0.203. The molecule has 254 valence electrons. The molecule has 7 nitrogen and oxygen atoms in total. The fourth-order valence-electron chi connectivity index (χ4n) is 6.63. The summed E-state index contributed by atoms with van der Waals surface area (Å²) in [4.78, 5) is 35.0. The number of halogens is 5. The molecule has 3 heterocycles. The van der Waals surface area contributed by atoms with E-state index in [1.165, 1.54) is 40.6 Å². The van der Waals surface area contributed by atoms with Crippen molar-refractivity contribution < 1.29 is 31.5 Å². The van der Waals surface area contributed by atoms with E-state index in [9.17, 15) is 18.4 Å². The maximum Gasteiger partial charge on any atom is 0.417 e. The molecule has 6 rings (SSSR count). The van der Waals surface area contributed by atoms with Crippen LogP contribution in [0.2, 0.25) is 0 Å². The number of nitrogens with zero attached hydrogens (tertiary/aromatic N) is 4. The molecule has 0 bridgehead atoms. The zero-order valence-electron chi connectivity index (χ0n) is 27.1. The van der Waals surface area contributed by atoms with Crippen molar-refractivity contribution >= 4 is 34.6 Å². The van der Waals surface area contributed by atoms with E-state index in [1.807, 2.05) is 13.8 Å². The van der Waals surface area contributed by atoms with Crippen molar-refractivity contribution in [2.75, 3.05) is 23.7 Å². The van der Waals surface area contributed by atoms with Crippen molar-refractivity contribution in [3.63, 3.8) is 0 Å². The Morgan fingerprint density at radius 1 is 0.917 bits per heavy atom. The van der Waals surface area contributed by atoms with Crippen LogP contribution in [-0.2, 0) is 17.5 Å². The van der Waals surface area contributed by atoms with Crippen molar-refractivity contribution in [2.45, 2.75) is 75.8 Å². The number of amides is 1. The van der Waals surface area contributed by atoms with E-state index in [1.54, 1.807) is 42.7 Å². The highest BCUT2D eigenvalue weighted by Crippen LogP contribution is 2.49. The Bertz CT molecular complexity index is 1910. The van der Waals surface area contributed by atoms with E-state index in [-0.39, 0.29) is 58.5 Å². The van der Waals surface area contributed by atoms with Gasteiger partial charge in [0.05, 0.1) is 23.2 Å². The zero-order chi connectivity index (χ0) is 34.7. The lowest BCUT2D eigenvalue weighted by molar-refractivity contribution is -0.137. The highest BCUT2D eigenvalue weighted by molar-refractivity contribution is 7.99. The van der Waals surface area contributed by atoms with Gasteiger partial charge in [-0.2, -0.15) is 18.2 Å². The Labute approximate surface area is 278 Å². The number of hydrogen-bond donors (Lipinski definition) is 0. The second kappa shape index (κ2) is 12.4. The summed E-state index contributed by atoms with van der Waals surface area (Å²) < 4.78 is 79.9. The molecule has 0 radical (unpaired) electrons. The van der Waals surface area contributed by atoms with Gasteiger partial charge in [-0.1, -0.05) is 24.3 Å². The van der Waals surface area contributed by atoms with E-state index in [0.29, 0.717) is 5.52 Å².